The van der Waals surface area contributed by atoms with Gasteiger partial charge in [-0.15, -0.1) is 0 Å². The molecule has 0 spiro atoms. The molecule has 3 aromatic rings. The Hall–Kier alpha value is -3.67. The lowest BCUT2D eigenvalue weighted by Gasteiger charge is -2.11. The minimum atomic E-state index is -0.426. The minimum absolute atomic E-state index is 0.284. The van der Waals surface area contributed by atoms with Crippen LogP contribution < -0.4 is 10.6 Å². The van der Waals surface area contributed by atoms with Gasteiger partial charge in [-0.25, -0.2) is 4.79 Å². The highest BCUT2D eigenvalue weighted by molar-refractivity contribution is 6.03. The summed E-state index contributed by atoms with van der Waals surface area (Å²) in [6, 6.07) is 16.1. The molecule has 142 valence electrons. The van der Waals surface area contributed by atoms with Crippen LogP contribution in [0.25, 0.3) is 0 Å². The van der Waals surface area contributed by atoms with E-state index in [1.807, 2.05) is 26.0 Å². The van der Waals surface area contributed by atoms with Crippen molar-refractivity contribution >= 4 is 28.9 Å². The molecule has 0 atom stereocenters. The van der Waals surface area contributed by atoms with E-state index < -0.39 is 5.97 Å². The zero-order chi connectivity index (χ0) is 20.1. The monoisotopic (exact) mass is 375 g/mol. The van der Waals surface area contributed by atoms with Gasteiger partial charge in [-0.2, -0.15) is 0 Å². The summed E-state index contributed by atoms with van der Waals surface area (Å²) in [6.07, 6.45) is 1.58. The highest BCUT2D eigenvalue weighted by atomic mass is 16.5. The summed E-state index contributed by atoms with van der Waals surface area (Å²) in [5.41, 5.74) is 5.32. The maximum absolute atomic E-state index is 12.5. The summed E-state index contributed by atoms with van der Waals surface area (Å²) in [4.78, 5) is 28.1. The summed E-state index contributed by atoms with van der Waals surface area (Å²) in [5, 5.41) is 6.08. The number of hydrogen-bond acceptors (Lipinski definition) is 5. The van der Waals surface area contributed by atoms with Crippen LogP contribution in [0.4, 0.5) is 17.1 Å². The number of amides is 1. The number of carbonyl (C=O) groups is 2. The smallest absolute Gasteiger partial charge is 0.337 e. The normalized spacial score (nSPS) is 10.2. The number of ether oxygens (including phenoxy) is 1. The van der Waals surface area contributed by atoms with Crippen LogP contribution in [-0.2, 0) is 4.74 Å². The number of aryl methyl sites for hydroxylation is 2. The Balaban J connectivity index is 1.72. The predicted octanol–water partition coefficient (Wildman–Crippen LogP) is 4.48. The highest BCUT2D eigenvalue weighted by Gasteiger charge is 2.10. The second kappa shape index (κ2) is 8.35. The molecule has 6 heteroatoms. The number of anilines is 3. The number of aromatic nitrogens is 1. The number of rotatable bonds is 5. The largest absolute Gasteiger partial charge is 0.465 e. The highest BCUT2D eigenvalue weighted by Crippen LogP contribution is 2.22. The molecule has 0 saturated carbocycles. The van der Waals surface area contributed by atoms with Crippen LogP contribution >= 0.6 is 0 Å². The van der Waals surface area contributed by atoms with E-state index in [0.717, 1.165) is 16.9 Å². The van der Waals surface area contributed by atoms with E-state index in [0.29, 0.717) is 11.3 Å². The molecule has 0 bridgehead atoms. The molecule has 3 rings (SSSR count). The average Bonchev–Trinajstić information content (AvgIpc) is 2.70. The van der Waals surface area contributed by atoms with Gasteiger partial charge in [0.05, 0.1) is 12.7 Å². The fraction of sp³-hybridized carbons (Fsp3) is 0.136. The molecule has 0 radical (unpaired) electrons. The minimum Gasteiger partial charge on any atom is -0.465 e. The molecule has 0 saturated heterocycles. The number of nitrogens with one attached hydrogen (secondary N) is 2. The van der Waals surface area contributed by atoms with Crippen LogP contribution in [0, 0.1) is 13.8 Å². The van der Waals surface area contributed by atoms with E-state index in [-0.39, 0.29) is 11.6 Å². The molecule has 0 aliphatic heterocycles. The van der Waals surface area contributed by atoms with Crippen molar-refractivity contribution in [2.24, 2.45) is 0 Å². The van der Waals surface area contributed by atoms with Crippen LogP contribution in [-0.4, -0.2) is 24.0 Å². The summed E-state index contributed by atoms with van der Waals surface area (Å²) in [7, 11) is 1.32. The molecule has 1 heterocycles. The molecule has 1 amide bonds. The Labute approximate surface area is 163 Å². The Morgan fingerprint density at radius 3 is 2.36 bits per heavy atom. The fourth-order valence-electron chi connectivity index (χ4n) is 2.74. The SMILES string of the molecule is COC(=O)c1ccc(NC(=O)c2cc(Nc3ccc(C)cc3C)ccn2)cc1. The number of methoxy groups -OCH3 is 1. The van der Waals surface area contributed by atoms with E-state index in [4.69, 9.17) is 0 Å². The number of benzene rings is 2. The molecule has 0 aliphatic carbocycles. The predicted molar refractivity (Wildman–Crippen MR) is 109 cm³/mol. The van der Waals surface area contributed by atoms with Gasteiger partial charge in [0.25, 0.3) is 5.91 Å². The zero-order valence-corrected chi connectivity index (χ0v) is 15.9. The van der Waals surface area contributed by atoms with E-state index >= 15 is 0 Å². The average molecular weight is 375 g/mol. The maximum Gasteiger partial charge on any atom is 0.337 e. The lowest BCUT2D eigenvalue weighted by molar-refractivity contribution is 0.0600. The van der Waals surface area contributed by atoms with Crippen molar-refractivity contribution in [3.8, 4) is 0 Å². The molecule has 0 aliphatic rings. The van der Waals surface area contributed by atoms with E-state index in [1.165, 1.54) is 12.7 Å². The van der Waals surface area contributed by atoms with Crippen molar-refractivity contribution in [2.45, 2.75) is 13.8 Å². The Morgan fingerprint density at radius 2 is 1.68 bits per heavy atom. The van der Waals surface area contributed by atoms with Crippen LogP contribution in [0.1, 0.15) is 32.0 Å². The molecular weight excluding hydrogens is 354 g/mol. The number of carbonyl (C=O) groups excluding carboxylic acids is 2. The topological polar surface area (TPSA) is 80.3 Å². The van der Waals surface area contributed by atoms with Gasteiger partial charge in [0.2, 0.25) is 0 Å². The van der Waals surface area contributed by atoms with Crippen molar-refractivity contribution in [3.63, 3.8) is 0 Å². The van der Waals surface area contributed by atoms with Gasteiger partial charge in [0, 0.05) is 23.3 Å². The fourth-order valence-corrected chi connectivity index (χ4v) is 2.74. The van der Waals surface area contributed by atoms with Crippen molar-refractivity contribution in [3.05, 3.63) is 83.2 Å². The van der Waals surface area contributed by atoms with Gasteiger partial charge in [0.15, 0.2) is 0 Å². The lowest BCUT2D eigenvalue weighted by atomic mass is 10.1. The van der Waals surface area contributed by atoms with E-state index in [1.54, 1.807) is 42.6 Å². The molecule has 2 N–H and O–H groups in total. The van der Waals surface area contributed by atoms with E-state index in [2.05, 4.69) is 26.4 Å². The summed E-state index contributed by atoms with van der Waals surface area (Å²) < 4.78 is 4.66. The van der Waals surface area contributed by atoms with E-state index in [9.17, 15) is 9.59 Å². The molecule has 28 heavy (non-hydrogen) atoms. The van der Waals surface area contributed by atoms with Gasteiger partial charge in [-0.1, -0.05) is 17.7 Å². The first-order valence-corrected chi connectivity index (χ1v) is 8.76. The van der Waals surface area contributed by atoms with Crippen molar-refractivity contribution < 1.29 is 14.3 Å². The third-order valence-corrected chi connectivity index (χ3v) is 4.22. The number of hydrogen-bond donors (Lipinski definition) is 2. The molecule has 6 nitrogen and oxygen atoms in total. The first-order chi connectivity index (χ1) is 13.5. The molecule has 1 aromatic heterocycles. The van der Waals surface area contributed by atoms with Gasteiger partial charge in [-0.3, -0.25) is 9.78 Å². The number of esters is 1. The number of nitrogens with zero attached hydrogens (tertiary/aromatic N) is 1. The Kier molecular flexibility index (Phi) is 5.69. The molecule has 0 unspecified atom stereocenters. The maximum atomic E-state index is 12.5. The van der Waals surface area contributed by atoms with Gasteiger partial charge < -0.3 is 15.4 Å². The number of pyridine rings is 1. The quantitative estimate of drug-likeness (QED) is 0.643. The third-order valence-electron chi connectivity index (χ3n) is 4.22. The second-order valence-corrected chi connectivity index (χ2v) is 6.40. The van der Waals surface area contributed by atoms with Crippen molar-refractivity contribution in [1.82, 2.24) is 4.98 Å². The first kappa shape index (κ1) is 19.1. The van der Waals surface area contributed by atoms with Gasteiger partial charge in [-0.05, 0) is 61.9 Å². The summed E-state index contributed by atoms with van der Waals surface area (Å²) >= 11 is 0. The van der Waals surface area contributed by atoms with Crippen molar-refractivity contribution in [1.29, 1.82) is 0 Å². The second-order valence-electron chi connectivity index (χ2n) is 6.40. The standard InChI is InChI=1S/C22H21N3O3/c1-14-4-9-19(15(2)12-14)24-18-10-11-23-20(13-18)21(26)25-17-7-5-16(6-8-17)22(27)28-3/h4-13H,1-3H3,(H,23,24)(H,25,26). The summed E-state index contributed by atoms with van der Waals surface area (Å²) in [6.45, 7) is 4.07. The lowest BCUT2D eigenvalue weighted by Crippen LogP contribution is -2.14. The van der Waals surface area contributed by atoms with Crippen LogP contribution in [0.3, 0.4) is 0 Å². The van der Waals surface area contributed by atoms with Gasteiger partial charge >= 0.3 is 5.97 Å². The van der Waals surface area contributed by atoms with Crippen LogP contribution in [0.15, 0.2) is 60.8 Å². The molecule has 2 aromatic carbocycles. The zero-order valence-electron chi connectivity index (χ0n) is 15.9. The molecule has 0 fully saturated rings. The Bertz CT molecular complexity index is 1010. The first-order valence-electron chi connectivity index (χ1n) is 8.76. The van der Waals surface area contributed by atoms with Crippen molar-refractivity contribution in [2.75, 3.05) is 17.7 Å². The van der Waals surface area contributed by atoms with Crippen LogP contribution in [0.5, 0.6) is 0 Å². The summed E-state index contributed by atoms with van der Waals surface area (Å²) in [5.74, 6) is -0.764. The third kappa shape index (κ3) is 4.54. The molecular formula is C22H21N3O3. The Morgan fingerprint density at radius 1 is 0.929 bits per heavy atom. The van der Waals surface area contributed by atoms with Crippen LogP contribution in [0.2, 0.25) is 0 Å². The van der Waals surface area contributed by atoms with Gasteiger partial charge in [0.1, 0.15) is 5.69 Å².